The molecule has 142 valence electrons. The summed E-state index contributed by atoms with van der Waals surface area (Å²) in [6, 6.07) is 11.1. The normalized spacial score (nSPS) is 11.5. The molecular weight excluding hydrogens is 372 g/mol. The lowest BCUT2D eigenvalue weighted by molar-refractivity contribution is -0.141. The molecule has 9 heteroatoms. The minimum atomic E-state index is -3.88. The summed E-state index contributed by atoms with van der Waals surface area (Å²) in [6.45, 7) is 1.61. The molecule has 2 aromatic carbocycles. The Kier molecular flexibility index (Phi) is 5.04. The van der Waals surface area contributed by atoms with Crippen molar-refractivity contribution in [3.63, 3.8) is 0 Å². The van der Waals surface area contributed by atoms with E-state index in [4.69, 9.17) is 4.42 Å². The van der Waals surface area contributed by atoms with Crippen LogP contribution in [0.4, 0.5) is 5.69 Å². The quantitative estimate of drug-likeness (QED) is 0.646. The number of aromatic nitrogens is 1. The average Bonchev–Trinajstić information content (AvgIpc) is 2.96. The van der Waals surface area contributed by atoms with Crippen LogP contribution < -0.4 is 10.5 Å². The van der Waals surface area contributed by atoms with Gasteiger partial charge in [0.05, 0.1) is 23.2 Å². The molecule has 0 bridgehead atoms. The van der Waals surface area contributed by atoms with E-state index in [0.29, 0.717) is 17.6 Å². The van der Waals surface area contributed by atoms with Gasteiger partial charge in [-0.25, -0.2) is 13.2 Å². The summed E-state index contributed by atoms with van der Waals surface area (Å²) in [4.78, 5) is 23.3. The summed E-state index contributed by atoms with van der Waals surface area (Å²) in [7, 11) is -2.67. The highest BCUT2D eigenvalue weighted by atomic mass is 32.2. The predicted molar refractivity (Wildman–Crippen MR) is 99.1 cm³/mol. The van der Waals surface area contributed by atoms with Crippen molar-refractivity contribution in [1.82, 2.24) is 4.57 Å². The van der Waals surface area contributed by atoms with Crippen LogP contribution in [-0.2, 0) is 32.5 Å². The minimum absolute atomic E-state index is 0.0557. The number of aryl methyl sites for hydroxylation is 1. The maximum absolute atomic E-state index is 12.7. The molecule has 0 atom stereocenters. The summed E-state index contributed by atoms with van der Waals surface area (Å²) in [5.74, 6) is -1.39. The Bertz CT molecular complexity index is 1160. The molecule has 3 aromatic rings. The molecule has 0 fully saturated rings. The molecule has 3 rings (SSSR count). The average molecular weight is 390 g/mol. The van der Waals surface area contributed by atoms with Gasteiger partial charge in [-0.15, -0.1) is 0 Å². The number of sulfonamides is 1. The molecule has 0 aliphatic rings. The zero-order valence-corrected chi connectivity index (χ0v) is 15.6. The van der Waals surface area contributed by atoms with Gasteiger partial charge in [-0.1, -0.05) is 25.1 Å². The topological polar surface area (TPSA) is 108 Å². The third-order valence-corrected chi connectivity index (χ3v) is 5.47. The van der Waals surface area contributed by atoms with Gasteiger partial charge in [0.1, 0.15) is 6.54 Å². The van der Waals surface area contributed by atoms with Crippen LogP contribution in [0.15, 0.2) is 56.6 Å². The molecule has 0 aliphatic heterocycles. The highest BCUT2D eigenvalue weighted by molar-refractivity contribution is 7.92. The maximum atomic E-state index is 12.7. The number of esters is 1. The van der Waals surface area contributed by atoms with Crippen molar-refractivity contribution in [1.29, 1.82) is 0 Å². The molecule has 0 spiro atoms. The zero-order valence-electron chi connectivity index (χ0n) is 14.8. The Morgan fingerprint density at radius 3 is 2.67 bits per heavy atom. The molecule has 1 aromatic heterocycles. The zero-order chi connectivity index (χ0) is 19.6. The van der Waals surface area contributed by atoms with E-state index < -0.39 is 21.7 Å². The van der Waals surface area contributed by atoms with Crippen LogP contribution in [-0.4, -0.2) is 26.1 Å². The fourth-order valence-electron chi connectivity index (χ4n) is 2.69. The van der Waals surface area contributed by atoms with E-state index in [9.17, 15) is 18.0 Å². The van der Waals surface area contributed by atoms with Gasteiger partial charge < -0.3 is 9.15 Å². The van der Waals surface area contributed by atoms with Crippen LogP contribution >= 0.6 is 0 Å². The number of carbonyl (C=O) groups excluding carboxylic acids is 1. The predicted octanol–water partition coefficient (Wildman–Crippen LogP) is 2.13. The van der Waals surface area contributed by atoms with Crippen molar-refractivity contribution in [2.45, 2.75) is 24.8 Å². The summed E-state index contributed by atoms with van der Waals surface area (Å²) in [5.41, 5.74) is 1.72. The number of methoxy groups -OCH3 is 1. The summed E-state index contributed by atoms with van der Waals surface area (Å²) in [5, 5.41) is 0. The van der Waals surface area contributed by atoms with E-state index in [-0.39, 0.29) is 17.0 Å². The van der Waals surface area contributed by atoms with Crippen molar-refractivity contribution in [3.05, 3.63) is 58.6 Å². The Balaban J connectivity index is 1.99. The van der Waals surface area contributed by atoms with Gasteiger partial charge in [-0.2, -0.15) is 0 Å². The Labute approximate surface area is 155 Å². The van der Waals surface area contributed by atoms with Gasteiger partial charge in [0.2, 0.25) is 0 Å². The number of para-hydroxylation sites is 1. The van der Waals surface area contributed by atoms with Crippen molar-refractivity contribution in [3.8, 4) is 0 Å². The number of ether oxygens (including phenoxy) is 1. The van der Waals surface area contributed by atoms with Crippen molar-refractivity contribution in [2.24, 2.45) is 0 Å². The van der Waals surface area contributed by atoms with E-state index in [2.05, 4.69) is 9.46 Å². The van der Waals surface area contributed by atoms with Crippen LogP contribution in [0.1, 0.15) is 12.5 Å². The Morgan fingerprint density at radius 2 is 1.96 bits per heavy atom. The second-order valence-corrected chi connectivity index (χ2v) is 7.46. The first-order valence-electron chi connectivity index (χ1n) is 8.16. The number of oxazole rings is 1. The summed E-state index contributed by atoms with van der Waals surface area (Å²) >= 11 is 0. The number of hydrogen-bond acceptors (Lipinski definition) is 6. The standard InChI is InChI=1S/C18H18N2O6S/c1-3-12-6-4-5-7-14(12)19-27(23,24)13-8-9-15-16(10-13)26-18(22)20(15)11-17(21)25-2/h4-10,19H,3,11H2,1-2H3. The second kappa shape index (κ2) is 7.28. The molecule has 0 saturated heterocycles. The summed E-state index contributed by atoms with van der Waals surface area (Å²) < 4.78 is 38.7. The van der Waals surface area contributed by atoms with E-state index in [0.717, 1.165) is 10.1 Å². The van der Waals surface area contributed by atoms with Crippen LogP contribution in [0, 0.1) is 0 Å². The smallest absolute Gasteiger partial charge is 0.420 e. The van der Waals surface area contributed by atoms with Crippen LogP contribution in [0.2, 0.25) is 0 Å². The van der Waals surface area contributed by atoms with Gasteiger partial charge in [0.15, 0.2) is 5.58 Å². The number of fused-ring (bicyclic) bond motifs is 1. The maximum Gasteiger partial charge on any atom is 0.420 e. The molecule has 0 aliphatic carbocycles. The third kappa shape index (κ3) is 3.72. The first-order chi connectivity index (χ1) is 12.9. The number of hydrogen-bond donors (Lipinski definition) is 1. The van der Waals surface area contributed by atoms with E-state index in [1.807, 2.05) is 19.1 Å². The van der Waals surface area contributed by atoms with Gasteiger partial charge >= 0.3 is 11.7 Å². The molecule has 8 nitrogen and oxygen atoms in total. The molecule has 1 N–H and O–H groups in total. The lowest BCUT2D eigenvalue weighted by Gasteiger charge is -2.11. The van der Waals surface area contributed by atoms with E-state index >= 15 is 0 Å². The largest absolute Gasteiger partial charge is 0.468 e. The molecule has 0 unspecified atom stereocenters. The van der Waals surface area contributed by atoms with Crippen LogP contribution in [0.25, 0.3) is 11.1 Å². The molecular formula is C18H18N2O6S. The van der Waals surface area contributed by atoms with Crippen molar-refractivity contribution in [2.75, 3.05) is 11.8 Å². The Morgan fingerprint density at radius 1 is 1.22 bits per heavy atom. The molecule has 0 radical (unpaired) electrons. The number of rotatable bonds is 6. The highest BCUT2D eigenvalue weighted by Crippen LogP contribution is 2.23. The molecule has 0 saturated carbocycles. The van der Waals surface area contributed by atoms with Gasteiger partial charge in [-0.3, -0.25) is 14.1 Å². The third-order valence-electron chi connectivity index (χ3n) is 4.11. The molecule has 1 heterocycles. The first-order valence-corrected chi connectivity index (χ1v) is 9.65. The number of nitrogens with zero attached hydrogens (tertiary/aromatic N) is 1. The first kappa shape index (κ1) is 18.7. The number of anilines is 1. The molecule has 27 heavy (non-hydrogen) atoms. The highest BCUT2D eigenvalue weighted by Gasteiger charge is 2.19. The van der Waals surface area contributed by atoms with Gasteiger partial charge in [0.25, 0.3) is 10.0 Å². The van der Waals surface area contributed by atoms with E-state index in [1.165, 1.54) is 25.3 Å². The number of nitrogens with one attached hydrogen (secondary N) is 1. The second-order valence-electron chi connectivity index (χ2n) is 5.78. The Hall–Kier alpha value is -3.07. The lowest BCUT2D eigenvalue weighted by Crippen LogP contribution is -2.20. The fourth-order valence-corrected chi connectivity index (χ4v) is 3.80. The molecule has 0 amide bonds. The van der Waals surface area contributed by atoms with E-state index in [1.54, 1.807) is 12.1 Å². The number of benzene rings is 2. The number of carbonyl (C=O) groups is 1. The van der Waals surface area contributed by atoms with Crippen molar-refractivity contribution < 1.29 is 22.4 Å². The lowest BCUT2D eigenvalue weighted by atomic mass is 10.1. The SMILES string of the molecule is CCc1ccccc1NS(=O)(=O)c1ccc2c(c1)oc(=O)n2CC(=O)OC. The van der Waals surface area contributed by atoms with Crippen molar-refractivity contribution >= 4 is 32.8 Å². The van der Waals surface area contributed by atoms with Gasteiger partial charge in [0, 0.05) is 6.07 Å². The minimum Gasteiger partial charge on any atom is -0.468 e. The van der Waals surface area contributed by atoms with Gasteiger partial charge in [-0.05, 0) is 30.2 Å². The monoisotopic (exact) mass is 390 g/mol. The summed E-state index contributed by atoms with van der Waals surface area (Å²) in [6.07, 6.45) is 0.670. The van der Waals surface area contributed by atoms with Crippen LogP contribution in [0.3, 0.4) is 0 Å². The van der Waals surface area contributed by atoms with Crippen LogP contribution in [0.5, 0.6) is 0 Å². The fraction of sp³-hybridized carbons (Fsp3) is 0.222.